The quantitative estimate of drug-likeness (QED) is 0.411. The van der Waals surface area contributed by atoms with Crippen LogP contribution in [0.2, 0.25) is 0 Å². The Labute approximate surface area is 246 Å². The van der Waals surface area contributed by atoms with Gasteiger partial charge in [0.15, 0.2) is 5.78 Å². The molecular formula is C33H36N4O5. The Kier molecular flexibility index (Phi) is 8.38. The van der Waals surface area contributed by atoms with Crippen LogP contribution in [0.15, 0.2) is 79.1 Å². The van der Waals surface area contributed by atoms with E-state index in [1.807, 2.05) is 54.6 Å². The minimum Gasteiger partial charge on any atom is -0.445 e. The lowest BCUT2D eigenvalue weighted by atomic mass is 9.87. The van der Waals surface area contributed by atoms with E-state index in [1.54, 1.807) is 24.5 Å². The van der Waals surface area contributed by atoms with Crippen molar-refractivity contribution in [2.75, 3.05) is 24.5 Å². The number of nitrogens with zero attached hydrogens (tertiary/aromatic N) is 4. The summed E-state index contributed by atoms with van der Waals surface area (Å²) in [6, 6.07) is 18.5. The van der Waals surface area contributed by atoms with Crippen molar-refractivity contribution in [2.24, 2.45) is 0 Å². The standard InChI is InChI=1S/C33H36N4O5/c1-33(2,3)25-13-15-26(16-14-25)37(29(24-11-7-17-34-19-24)31(40)35-20-27(38)21-35)30(39)28-12-8-18-36(28)32(41)42-22-23-9-5-4-6-10-23/h4-7,9-11,13-17,19,28-29H,8,12,18,20-22H2,1-3H3/t28-,29?/m1/s1. The van der Waals surface area contributed by atoms with E-state index in [0.29, 0.717) is 30.6 Å². The molecule has 42 heavy (non-hydrogen) atoms. The van der Waals surface area contributed by atoms with Gasteiger partial charge in [-0.05, 0) is 47.6 Å². The van der Waals surface area contributed by atoms with E-state index in [2.05, 4.69) is 25.8 Å². The van der Waals surface area contributed by atoms with Gasteiger partial charge in [-0.3, -0.25) is 29.2 Å². The van der Waals surface area contributed by atoms with Crippen LogP contribution in [-0.2, 0) is 31.1 Å². The van der Waals surface area contributed by atoms with E-state index in [9.17, 15) is 19.2 Å². The van der Waals surface area contributed by atoms with Crippen molar-refractivity contribution in [1.82, 2.24) is 14.8 Å². The average Bonchev–Trinajstić information content (AvgIpc) is 3.47. The van der Waals surface area contributed by atoms with Crippen LogP contribution in [0.4, 0.5) is 10.5 Å². The monoisotopic (exact) mass is 568 g/mol. The molecule has 0 radical (unpaired) electrons. The molecule has 5 rings (SSSR count). The second-order valence-corrected chi connectivity index (χ2v) is 11.8. The Morgan fingerprint density at radius 1 is 1.00 bits per heavy atom. The highest BCUT2D eigenvalue weighted by molar-refractivity contribution is 6.07. The molecule has 0 spiro atoms. The molecule has 2 aliphatic heterocycles. The molecule has 9 heteroatoms. The van der Waals surface area contributed by atoms with Crippen LogP contribution in [0.5, 0.6) is 0 Å². The molecular weight excluding hydrogens is 532 g/mol. The maximum atomic E-state index is 14.5. The van der Waals surface area contributed by atoms with E-state index in [1.165, 1.54) is 14.7 Å². The third-order valence-corrected chi connectivity index (χ3v) is 7.76. The maximum Gasteiger partial charge on any atom is 0.410 e. The summed E-state index contributed by atoms with van der Waals surface area (Å²) in [6.07, 6.45) is 3.65. The summed E-state index contributed by atoms with van der Waals surface area (Å²) in [4.78, 5) is 62.2. The molecule has 3 aromatic rings. The molecule has 2 fully saturated rings. The number of hydrogen-bond acceptors (Lipinski definition) is 6. The number of carbonyl (C=O) groups excluding carboxylic acids is 4. The van der Waals surface area contributed by atoms with Crippen LogP contribution in [0.25, 0.3) is 0 Å². The van der Waals surface area contributed by atoms with Gasteiger partial charge in [0.25, 0.3) is 11.8 Å². The van der Waals surface area contributed by atoms with Gasteiger partial charge in [0, 0.05) is 30.2 Å². The fraction of sp³-hybridized carbons (Fsp3) is 0.364. The van der Waals surface area contributed by atoms with Crippen LogP contribution in [0.3, 0.4) is 0 Å². The van der Waals surface area contributed by atoms with Gasteiger partial charge in [-0.25, -0.2) is 4.79 Å². The number of carbonyl (C=O) groups is 4. The van der Waals surface area contributed by atoms with E-state index < -0.39 is 18.2 Å². The number of ketones is 1. The molecule has 2 atom stereocenters. The number of benzene rings is 2. The Balaban J connectivity index is 1.50. The first kappa shape index (κ1) is 29.0. The fourth-order valence-corrected chi connectivity index (χ4v) is 5.38. The zero-order chi connectivity index (χ0) is 29.9. The molecule has 3 heterocycles. The van der Waals surface area contributed by atoms with Gasteiger partial charge in [-0.2, -0.15) is 0 Å². The number of anilines is 1. The first-order valence-electron chi connectivity index (χ1n) is 14.2. The van der Waals surface area contributed by atoms with Gasteiger partial charge in [0.2, 0.25) is 0 Å². The largest absolute Gasteiger partial charge is 0.445 e. The van der Waals surface area contributed by atoms with Crippen molar-refractivity contribution in [1.29, 1.82) is 0 Å². The molecule has 1 aromatic heterocycles. The van der Waals surface area contributed by atoms with Crippen molar-refractivity contribution in [2.45, 2.75) is 57.7 Å². The number of ether oxygens (including phenoxy) is 1. The third kappa shape index (κ3) is 6.20. The number of pyridine rings is 1. The fourth-order valence-electron chi connectivity index (χ4n) is 5.38. The molecule has 1 unspecified atom stereocenters. The maximum absolute atomic E-state index is 14.5. The Morgan fingerprint density at radius 3 is 2.33 bits per heavy atom. The van der Waals surface area contributed by atoms with Crippen molar-refractivity contribution in [3.63, 3.8) is 0 Å². The van der Waals surface area contributed by atoms with Crippen molar-refractivity contribution >= 4 is 29.4 Å². The Hall–Kier alpha value is -4.53. The van der Waals surface area contributed by atoms with Crippen LogP contribution >= 0.6 is 0 Å². The molecule has 0 aliphatic carbocycles. The average molecular weight is 569 g/mol. The lowest BCUT2D eigenvalue weighted by molar-refractivity contribution is -0.146. The lowest BCUT2D eigenvalue weighted by Crippen LogP contribution is -2.57. The van der Waals surface area contributed by atoms with Gasteiger partial charge in [0.05, 0.1) is 13.1 Å². The number of amides is 3. The predicted molar refractivity (Wildman–Crippen MR) is 158 cm³/mol. The molecule has 3 amide bonds. The molecule has 2 aliphatic rings. The summed E-state index contributed by atoms with van der Waals surface area (Å²) >= 11 is 0. The third-order valence-electron chi connectivity index (χ3n) is 7.76. The molecule has 9 nitrogen and oxygen atoms in total. The summed E-state index contributed by atoms with van der Waals surface area (Å²) in [6.45, 7) is 6.77. The number of hydrogen-bond donors (Lipinski definition) is 0. The van der Waals surface area contributed by atoms with Gasteiger partial charge in [-0.1, -0.05) is 69.3 Å². The molecule has 0 saturated carbocycles. The number of rotatable bonds is 7. The number of Topliss-reactive ketones (excluding diaryl/α,β-unsaturated/α-hetero) is 1. The zero-order valence-corrected chi connectivity index (χ0v) is 24.2. The number of aromatic nitrogens is 1. The summed E-state index contributed by atoms with van der Waals surface area (Å²) in [5.41, 5.74) is 2.84. The first-order valence-corrected chi connectivity index (χ1v) is 14.2. The second-order valence-electron chi connectivity index (χ2n) is 11.8. The van der Waals surface area contributed by atoms with Gasteiger partial charge >= 0.3 is 6.09 Å². The predicted octanol–water partition coefficient (Wildman–Crippen LogP) is 4.67. The zero-order valence-electron chi connectivity index (χ0n) is 24.2. The lowest BCUT2D eigenvalue weighted by Gasteiger charge is -2.39. The van der Waals surface area contributed by atoms with Gasteiger partial charge in [-0.15, -0.1) is 0 Å². The molecule has 0 bridgehead atoms. The van der Waals surface area contributed by atoms with E-state index in [4.69, 9.17) is 4.74 Å². The highest BCUT2D eigenvalue weighted by Crippen LogP contribution is 2.34. The van der Waals surface area contributed by atoms with E-state index in [0.717, 1.165) is 11.1 Å². The second kappa shape index (κ2) is 12.1. The number of likely N-dealkylation sites (tertiary alicyclic amines) is 2. The topological polar surface area (TPSA) is 100 Å². The smallest absolute Gasteiger partial charge is 0.410 e. The molecule has 218 valence electrons. The highest BCUT2D eigenvalue weighted by atomic mass is 16.6. The summed E-state index contributed by atoms with van der Waals surface area (Å²) < 4.78 is 5.59. The summed E-state index contributed by atoms with van der Waals surface area (Å²) in [7, 11) is 0. The summed E-state index contributed by atoms with van der Waals surface area (Å²) in [5, 5.41) is 0. The minimum absolute atomic E-state index is 0.00194. The normalized spacial score (nSPS) is 17.4. The van der Waals surface area contributed by atoms with E-state index in [-0.39, 0.29) is 42.7 Å². The SMILES string of the molecule is CC(C)(C)c1ccc(N(C(=O)[C@H]2CCCN2C(=O)OCc2ccccc2)C(C(=O)N2CC(=O)C2)c2cccnc2)cc1. The van der Waals surface area contributed by atoms with Gasteiger partial charge < -0.3 is 9.64 Å². The van der Waals surface area contributed by atoms with Crippen LogP contribution in [0, 0.1) is 0 Å². The van der Waals surface area contributed by atoms with Crippen molar-refractivity contribution in [3.05, 3.63) is 95.8 Å². The Bertz CT molecular complexity index is 1430. The van der Waals surface area contributed by atoms with Crippen LogP contribution in [-0.4, -0.2) is 64.2 Å². The van der Waals surface area contributed by atoms with E-state index >= 15 is 0 Å². The Morgan fingerprint density at radius 2 is 1.71 bits per heavy atom. The summed E-state index contributed by atoms with van der Waals surface area (Å²) in [5.74, 6) is -0.794. The van der Waals surface area contributed by atoms with Crippen molar-refractivity contribution < 1.29 is 23.9 Å². The minimum atomic E-state index is -1.07. The van der Waals surface area contributed by atoms with Gasteiger partial charge in [0.1, 0.15) is 18.7 Å². The molecule has 0 N–H and O–H groups in total. The highest BCUT2D eigenvalue weighted by Gasteiger charge is 2.44. The molecule has 2 saturated heterocycles. The van der Waals surface area contributed by atoms with Crippen LogP contribution < -0.4 is 4.90 Å². The van der Waals surface area contributed by atoms with Crippen molar-refractivity contribution in [3.8, 4) is 0 Å². The van der Waals surface area contributed by atoms with Crippen LogP contribution in [0.1, 0.15) is 56.3 Å². The first-order chi connectivity index (χ1) is 20.1. The molecule has 2 aromatic carbocycles.